The van der Waals surface area contributed by atoms with E-state index in [0.717, 1.165) is 19.0 Å². The zero-order valence-electron chi connectivity index (χ0n) is 21.4. The molecule has 0 saturated carbocycles. The summed E-state index contributed by atoms with van der Waals surface area (Å²) in [5, 5.41) is 0. The number of hydrogen-bond acceptors (Lipinski definition) is 6. The molecule has 0 bridgehead atoms. The highest BCUT2D eigenvalue weighted by molar-refractivity contribution is 6.78. The van der Waals surface area contributed by atoms with Gasteiger partial charge in [0.05, 0.1) is 6.42 Å². The smallest absolute Gasteiger partial charge is 0.500 e. The van der Waals surface area contributed by atoms with Gasteiger partial charge >= 0.3 is 8.80 Å². The lowest BCUT2D eigenvalue weighted by molar-refractivity contribution is -0.136. The molecule has 0 unspecified atom stereocenters. The molecule has 30 heavy (non-hydrogen) atoms. The van der Waals surface area contributed by atoms with Crippen LogP contribution in [0.1, 0.15) is 75.2 Å². The number of nitrogens with zero attached hydrogens (tertiary/aromatic N) is 1. The Morgan fingerprint density at radius 3 is 1.60 bits per heavy atom. The van der Waals surface area contributed by atoms with Gasteiger partial charge in [-0.05, 0) is 57.4 Å². The monoisotopic (exact) mass is 463 g/mol. The van der Waals surface area contributed by atoms with Gasteiger partial charge in [0.2, 0.25) is 0 Å². The Morgan fingerprint density at radius 1 is 0.800 bits per heavy atom. The molecule has 0 heterocycles. The van der Waals surface area contributed by atoms with Crippen LogP contribution in [0, 0.1) is 0 Å². The third-order valence-corrected chi connectivity index (χ3v) is 15.0. The molecule has 0 spiro atoms. The Labute approximate surface area is 188 Å². The number of hydrogen-bond donors (Lipinski definition) is 0. The molecular formula is C22H49NO5Si2. The minimum absolute atomic E-state index is 0.0497. The van der Waals surface area contributed by atoms with Crippen LogP contribution in [0.5, 0.6) is 0 Å². The molecule has 0 aliphatic heterocycles. The van der Waals surface area contributed by atoms with E-state index in [9.17, 15) is 4.79 Å². The molecule has 0 aliphatic carbocycles. The number of carbonyl (C=O) groups excluding carboxylic acids is 1. The number of carbonyl (C=O) groups is 1. The van der Waals surface area contributed by atoms with Crippen molar-refractivity contribution in [1.29, 1.82) is 0 Å². The van der Waals surface area contributed by atoms with Crippen molar-refractivity contribution < 1.29 is 22.5 Å². The lowest BCUT2D eigenvalue weighted by Gasteiger charge is -2.41. The molecule has 0 amide bonds. The second-order valence-electron chi connectivity index (χ2n) is 8.93. The topological polar surface area (TPSA) is 57.2 Å². The average Bonchev–Trinajstić information content (AvgIpc) is 2.64. The maximum absolute atomic E-state index is 12.7. The largest absolute Gasteiger partial charge is 0.518 e. The first-order chi connectivity index (χ1) is 14.0. The van der Waals surface area contributed by atoms with E-state index >= 15 is 0 Å². The van der Waals surface area contributed by atoms with Gasteiger partial charge in [-0.1, -0.05) is 41.5 Å². The molecule has 0 rings (SSSR count). The first-order valence-corrected chi connectivity index (χ1v) is 15.9. The van der Waals surface area contributed by atoms with Crippen molar-refractivity contribution in [3.05, 3.63) is 0 Å². The SMILES string of the molecule is CCO[Si](CCCN(C)CCC(=O)O[Si](C(C)C)(C(C)C)C(C)C)(OCC)OCC. The second-order valence-corrected chi connectivity index (χ2v) is 17.0. The van der Waals surface area contributed by atoms with Gasteiger partial charge in [0, 0.05) is 32.4 Å². The molecule has 0 saturated heterocycles. The van der Waals surface area contributed by atoms with Crippen LogP contribution in [0.15, 0.2) is 0 Å². The second kappa shape index (κ2) is 14.7. The van der Waals surface area contributed by atoms with Gasteiger partial charge in [0.1, 0.15) is 0 Å². The molecule has 8 heteroatoms. The van der Waals surface area contributed by atoms with Crippen LogP contribution >= 0.6 is 0 Å². The molecule has 0 radical (unpaired) electrons. The van der Waals surface area contributed by atoms with Crippen molar-refractivity contribution in [3.8, 4) is 0 Å². The Hall–Kier alpha value is -0.256. The fourth-order valence-corrected chi connectivity index (χ4v) is 12.4. The minimum Gasteiger partial charge on any atom is -0.518 e. The first kappa shape index (κ1) is 29.7. The van der Waals surface area contributed by atoms with Crippen LogP contribution < -0.4 is 0 Å². The van der Waals surface area contributed by atoms with Gasteiger partial charge in [-0.25, -0.2) is 0 Å². The van der Waals surface area contributed by atoms with Crippen LogP contribution in [-0.2, 0) is 22.5 Å². The van der Waals surface area contributed by atoms with Crippen LogP contribution in [0.2, 0.25) is 22.7 Å². The van der Waals surface area contributed by atoms with E-state index in [0.29, 0.717) is 49.4 Å². The van der Waals surface area contributed by atoms with Gasteiger partial charge in [0.15, 0.2) is 0 Å². The molecular weight excluding hydrogens is 414 g/mol. The third kappa shape index (κ3) is 9.08. The van der Waals surface area contributed by atoms with Crippen molar-refractivity contribution in [2.24, 2.45) is 0 Å². The molecule has 0 aromatic rings. The van der Waals surface area contributed by atoms with Gasteiger partial charge in [-0.3, -0.25) is 4.79 Å². The summed E-state index contributed by atoms with van der Waals surface area (Å²) in [6.07, 6.45) is 1.35. The maximum atomic E-state index is 12.7. The van der Waals surface area contributed by atoms with E-state index in [1.165, 1.54) is 0 Å². The summed E-state index contributed by atoms with van der Waals surface area (Å²) in [5.41, 5.74) is 1.23. The zero-order valence-corrected chi connectivity index (χ0v) is 23.4. The molecule has 0 N–H and O–H groups in total. The van der Waals surface area contributed by atoms with E-state index in [2.05, 4.69) is 53.5 Å². The Morgan fingerprint density at radius 2 is 1.23 bits per heavy atom. The van der Waals surface area contributed by atoms with Crippen LogP contribution in [-0.4, -0.2) is 67.9 Å². The minimum atomic E-state index is -2.59. The third-order valence-electron chi connectivity index (χ3n) is 5.81. The zero-order chi connectivity index (χ0) is 23.4. The number of rotatable bonds is 17. The van der Waals surface area contributed by atoms with Crippen molar-refractivity contribution >= 4 is 23.1 Å². The molecule has 0 atom stereocenters. The molecule has 0 aliphatic rings. The van der Waals surface area contributed by atoms with Crippen LogP contribution in [0.25, 0.3) is 0 Å². The average molecular weight is 464 g/mol. The van der Waals surface area contributed by atoms with Crippen LogP contribution in [0.4, 0.5) is 0 Å². The van der Waals surface area contributed by atoms with Crippen molar-refractivity contribution in [1.82, 2.24) is 4.90 Å². The summed E-state index contributed by atoms with van der Waals surface area (Å²) in [5.74, 6) is -0.0497. The highest BCUT2D eigenvalue weighted by atomic mass is 28.4. The fraction of sp³-hybridized carbons (Fsp3) is 0.955. The summed E-state index contributed by atoms with van der Waals surface area (Å²) in [6, 6.07) is 0.793. The highest BCUT2D eigenvalue weighted by Gasteiger charge is 2.48. The van der Waals surface area contributed by atoms with Gasteiger partial charge in [-0.2, -0.15) is 0 Å². The summed E-state index contributed by atoms with van der Waals surface area (Å²) in [4.78, 5) is 14.9. The van der Waals surface area contributed by atoms with Gasteiger partial charge in [0.25, 0.3) is 14.3 Å². The highest BCUT2D eigenvalue weighted by Crippen LogP contribution is 2.42. The van der Waals surface area contributed by atoms with Gasteiger partial charge in [-0.15, -0.1) is 0 Å². The van der Waals surface area contributed by atoms with E-state index in [-0.39, 0.29) is 5.97 Å². The standard InChI is InChI=1S/C22H49NO5Si2/c1-11-25-29(26-12-2,27-13-3)18-14-16-23(10)17-15-22(24)28-30(19(4)5,20(6)7)21(8)9/h19-21H,11-18H2,1-10H3. The summed E-state index contributed by atoms with van der Waals surface area (Å²) in [7, 11) is -2.69. The van der Waals surface area contributed by atoms with Crippen molar-refractivity contribution in [2.75, 3.05) is 40.0 Å². The molecule has 0 fully saturated rings. The fourth-order valence-electron chi connectivity index (χ4n) is 4.56. The summed E-state index contributed by atoms with van der Waals surface area (Å²) < 4.78 is 24.0. The molecule has 6 nitrogen and oxygen atoms in total. The predicted molar refractivity (Wildman–Crippen MR) is 129 cm³/mol. The Kier molecular flexibility index (Phi) is 14.6. The van der Waals surface area contributed by atoms with Crippen molar-refractivity contribution in [3.63, 3.8) is 0 Å². The Bertz CT molecular complexity index is 436. The lowest BCUT2D eigenvalue weighted by atomic mass is 10.3. The Balaban J connectivity index is 4.69. The molecule has 180 valence electrons. The van der Waals surface area contributed by atoms with E-state index in [4.69, 9.17) is 17.7 Å². The van der Waals surface area contributed by atoms with E-state index in [1.807, 2.05) is 20.8 Å². The maximum Gasteiger partial charge on any atom is 0.500 e. The van der Waals surface area contributed by atoms with Crippen molar-refractivity contribution in [2.45, 2.75) is 97.8 Å². The first-order valence-electron chi connectivity index (χ1n) is 11.8. The lowest BCUT2D eigenvalue weighted by Crippen LogP contribution is -2.49. The summed E-state index contributed by atoms with van der Waals surface area (Å²) in [6.45, 7) is 22.5. The van der Waals surface area contributed by atoms with Crippen LogP contribution in [0.3, 0.4) is 0 Å². The molecule has 0 aromatic carbocycles. The normalized spacial score (nSPS) is 13.1. The van der Waals surface area contributed by atoms with E-state index < -0.39 is 17.1 Å². The predicted octanol–water partition coefficient (Wildman–Crippen LogP) is 5.47. The van der Waals surface area contributed by atoms with E-state index in [1.54, 1.807) is 0 Å². The quantitative estimate of drug-likeness (QED) is 0.267. The summed E-state index contributed by atoms with van der Waals surface area (Å²) >= 11 is 0. The van der Waals surface area contributed by atoms with Gasteiger partial charge < -0.3 is 22.6 Å². The molecule has 0 aromatic heterocycles.